The summed E-state index contributed by atoms with van der Waals surface area (Å²) in [6, 6.07) is 12.5. The van der Waals surface area contributed by atoms with Gasteiger partial charge in [-0.05, 0) is 67.3 Å². The molecule has 1 fully saturated rings. The molecule has 0 radical (unpaired) electrons. The van der Waals surface area contributed by atoms with Crippen LogP contribution in [0, 0.1) is 11.8 Å². The van der Waals surface area contributed by atoms with Crippen molar-refractivity contribution in [3.05, 3.63) is 88.2 Å². The maximum absolute atomic E-state index is 13.9. The van der Waals surface area contributed by atoms with Crippen LogP contribution in [0.2, 0.25) is 0 Å². The highest BCUT2D eigenvalue weighted by Gasteiger charge is 2.28. The first-order valence-corrected chi connectivity index (χ1v) is 15.5. The average Bonchev–Trinajstić information content (AvgIpc) is 3.83. The molecule has 0 spiro atoms. The first-order valence-electron chi connectivity index (χ1n) is 15.5. The minimum absolute atomic E-state index is 0.0441. The van der Waals surface area contributed by atoms with Gasteiger partial charge in [0.25, 0.3) is 11.8 Å². The molecule has 1 aliphatic carbocycles. The molecule has 14 nitrogen and oxygen atoms in total. The van der Waals surface area contributed by atoms with E-state index in [2.05, 4.69) is 36.9 Å². The third kappa shape index (κ3) is 8.27. The number of ether oxygens (including phenoxy) is 3. The van der Waals surface area contributed by atoms with E-state index in [-0.39, 0.29) is 33.9 Å². The Kier molecular flexibility index (Phi) is 10.4. The molecule has 0 saturated heterocycles. The Morgan fingerprint density at radius 1 is 1.02 bits per heavy atom. The zero-order chi connectivity index (χ0) is 35.2. The van der Waals surface area contributed by atoms with Gasteiger partial charge in [-0.1, -0.05) is 31.7 Å². The molecule has 2 aromatic heterocycles. The van der Waals surface area contributed by atoms with Crippen LogP contribution in [0.15, 0.2) is 64.4 Å². The van der Waals surface area contributed by atoms with Crippen molar-refractivity contribution < 1.29 is 37.9 Å². The van der Waals surface area contributed by atoms with Crippen LogP contribution >= 0.6 is 0 Å². The van der Waals surface area contributed by atoms with E-state index in [0.717, 1.165) is 12.8 Å². The van der Waals surface area contributed by atoms with E-state index >= 15 is 0 Å². The lowest BCUT2D eigenvalue weighted by atomic mass is 9.94. The molecule has 1 aliphatic rings. The van der Waals surface area contributed by atoms with Gasteiger partial charge in [-0.25, -0.2) is 14.6 Å². The molecule has 0 aliphatic heterocycles. The molecule has 1 unspecified atom stereocenters. The second-order valence-corrected chi connectivity index (χ2v) is 11.6. The molecule has 0 bridgehead atoms. The van der Waals surface area contributed by atoms with Crippen molar-refractivity contribution in [2.45, 2.75) is 39.9 Å². The Hall–Kier alpha value is -6.05. The fourth-order valence-corrected chi connectivity index (χ4v) is 4.75. The van der Waals surface area contributed by atoms with Crippen LogP contribution < -0.4 is 21.1 Å². The van der Waals surface area contributed by atoms with Crippen molar-refractivity contribution in [3.8, 4) is 28.3 Å². The van der Waals surface area contributed by atoms with Gasteiger partial charge in [0.15, 0.2) is 11.5 Å². The number of nitrogens with zero attached hydrogens (tertiary/aromatic N) is 2. The highest BCUT2D eigenvalue weighted by atomic mass is 16.7. The molecule has 2 heterocycles. The Bertz CT molecular complexity index is 1960. The normalized spacial score (nSPS) is 12.9. The van der Waals surface area contributed by atoms with Crippen molar-refractivity contribution in [2.24, 2.45) is 11.8 Å². The number of aromatic amines is 1. The zero-order valence-corrected chi connectivity index (χ0v) is 27.3. The number of carbonyl (C=O) groups is 4. The number of methoxy groups -OCH3 is 1. The molecule has 1 saturated carbocycles. The summed E-state index contributed by atoms with van der Waals surface area (Å²) in [6.07, 6.45) is 2.29. The standard InChI is InChI=1S/C35H35N5O9/c1-6-21-15-26(31(41)37-23-11-9-22(10-12-23)30-39-35(45)49-40-30)25(16-28(21)46-5)24-13-14-27(32(42)36-17-20-7-8-20)38-29(24)34(44)48-19(4)47-33(43)18(2)3/h6,9-16,18-20H,1,7-8,17H2,2-5H3,(H,36,42)(H,37,41)(H,39,40,45). The van der Waals surface area contributed by atoms with Crippen LogP contribution in [0.4, 0.5) is 5.69 Å². The summed E-state index contributed by atoms with van der Waals surface area (Å²) >= 11 is 0. The van der Waals surface area contributed by atoms with Crippen LogP contribution in [0.25, 0.3) is 28.6 Å². The lowest BCUT2D eigenvalue weighted by molar-refractivity contribution is -0.169. The number of anilines is 1. The summed E-state index contributed by atoms with van der Waals surface area (Å²) in [4.78, 5) is 70.9. The van der Waals surface area contributed by atoms with Crippen LogP contribution in [0.5, 0.6) is 5.75 Å². The van der Waals surface area contributed by atoms with Crippen molar-refractivity contribution in [1.82, 2.24) is 20.4 Å². The zero-order valence-electron chi connectivity index (χ0n) is 27.3. The molecule has 5 rings (SSSR count). The summed E-state index contributed by atoms with van der Waals surface area (Å²) in [5.41, 5.74) is 1.60. The molecular weight excluding hydrogens is 634 g/mol. The quantitative estimate of drug-likeness (QED) is 0.130. The SMILES string of the molecule is C=Cc1cc(C(=O)Nc2ccc(-c3noc(=O)[nH]3)cc2)c(-c2ccc(C(=O)NCC3CC3)nc2C(=O)OC(C)OC(=O)C(C)C)cc1OC. The Balaban J connectivity index is 1.54. The number of nitrogens with one attached hydrogen (secondary N) is 3. The minimum Gasteiger partial charge on any atom is -0.496 e. The number of amides is 2. The second kappa shape index (κ2) is 14.8. The number of hydrogen-bond donors (Lipinski definition) is 3. The van der Waals surface area contributed by atoms with Crippen molar-refractivity contribution in [2.75, 3.05) is 19.0 Å². The maximum Gasteiger partial charge on any atom is 0.439 e. The molecule has 2 amide bonds. The van der Waals surface area contributed by atoms with Gasteiger partial charge in [-0.3, -0.25) is 23.9 Å². The molecule has 2 aromatic carbocycles. The number of esters is 2. The van der Waals surface area contributed by atoms with Crippen molar-refractivity contribution in [1.29, 1.82) is 0 Å². The Labute approximate surface area is 280 Å². The highest BCUT2D eigenvalue weighted by Crippen LogP contribution is 2.35. The molecule has 254 valence electrons. The maximum atomic E-state index is 13.9. The van der Waals surface area contributed by atoms with Crippen LogP contribution in [-0.2, 0) is 14.3 Å². The van der Waals surface area contributed by atoms with Crippen molar-refractivity contribution in [3.63, 3.8) is 0 Å². The molecule has 3 N–H and O–H groups in total. The lowest BCUT2D eigenvalue weighted by Gasteiger charge is -2.19. The first-order chi connectivity index (χ1) is 23.5. The second-order valence-electron chi connectivity index (χ2n) is 11.6. The highest BCUT2D eigenvalue weighted by molar-refractivity contribution is 6.11. The van der Waals surface area contributed by atoms with Gasteiger partial charge in [0.1, 0.15) is 11.4 Å². The number of rotatable bonds is 13. The number of hydrogen-bond acceptors (Lipinski definition) is 11. The Morgan fingerprint density at radius 3 is 2.37 bits per heavy atom. The van der Waals surface area contributed by atoms with E-state index in [4.69, 9.17) is 14.2 Å². The summed E-state index contributed by atoms with van der Waals surface area (Å²) in [7, 11) is 1.45. The predicted octanol–water partition coefficient (Wildman–Crippen LogP) is 4.84. The van der Waals surface area contributed by atoms with E-state index in [1.807, 2.05) is 0 Å². The third-order valence-electron chi connectivity index (χ3n) is 7.58. The molecular formula is C35H35N5O9. The van der Waals surface area contributed by atoms with Gasteiger partial charge < -0.3 is 24.8 Å². The van der Waals surface area contributed by atoms with Gasteiger partial charge in [0.05, 0.1) is 13.0 Å². The van der Waals surface area contributed by atoms with Crippen LogP contribution in [0.1, 0.15) is 70.5 Å². The smallest absolute Gasteiger partial charge is 0.439 e. The molecule has 4 aromatic rings. The summed E-state index contributed by atoms with van der Waals surface area (Å²) < 4.78 is 20.8. The largest absolute Gasteiger partial charge is 0.496 e. The number of pyridine rings is 1. The topological polar surface area (TPSA) is 192 Å². The average molecular weight is 670 g/mol. The predicted molar refractivity (Wildman–Crippen MR) is 178 cm³/mol. The number of aromatic nitrogens is 3. The van der Waals surface area contributed by atoms with Gasteiger partial charge in [-0.2, -0.15) is 0 Å². The van der Waals surface area contributed by atoms with Gasteiger partial charge in [0.2, 0.25) is 6.29 Å². The summed E-state index contributed by atoms with van der Waals surface area (Å²) in [6.45, 7) is 8.97. The molecule has 49 heavy (non-hydrogen) atoms. The van der Waals surface area contributed by atoms with Crippen LogP contribution in [-0.4, -0.2) is 58.8 Å². The van der Waals surface area contributed by atoms with E-state index in [9.17, 15) is 24.0 Å². The van der Waals surface area contributed by atoms with Gasteiger partial charge in [-0.15, -0.1) is 0 Å². The van der Waals surface area contributed by atoms with Crippen LogP contribution in [0.3, 0.4) is 0 Å². The molecule has 14 heteroatoms. The van der Waals surface area contributed by atoms with E-state index in [0.29, 0.717) is 35.0 Å². The Morgan fingerprint density at radius 2 is 1.76 bits per heavy atom. The minimum atomic E-state index is -1.28. The van der Waals surface area contributed by atoms with E-state index in [1.165, 1.54) is 32.2 Å². The van der Waals surface area contributed by atoms with Gasteiger partial charge >= 0.3 is 17.7 Å². The number of carbonyl (C=O) groups excluding carboxylic acids is 4. The first kappa shape index (κ1) is 34.3. The summed E-state index contributed by atoms with van der Waals surface area (Å²) in [5.74, 6) is -2.80. The van der Waals surface area contributed by atoms with E-state index < -0.39 is 41.7 Å². The number of H-pyrrole nitrogens is 1. The van der Waals surface area contributed by atoms with Gasteiger partial charge in [0, 0.05) is 47.0 Å². The monoisotopic (exact) mass is 669 g/mol. The third-order valence-corrected chi connectivity index (χ3v) is 7.58. The lowest BCUT2D eigenvalue weighted by Crippen LogP contribution is -2.28. The van der Waals surface area contributed by atoms with Crippen molar-refractivity contribution >= 4 is 35.5 Å². The van der Waals surface area contributed by atoms with E-state index in [1.54, 1.807) is 50.2 Å². The fourth-order valence-electron chi connectivity index (χ4n) is 4.75. The summed E-state index contributed by atoms with van der Waals surface area (Å²) in [5, 5.41) is 9.32. The molecule has 1 atom stereocenters. The number of benzene rings is 2. The fraction of sp³-hybridized carbons (Fsp3) is 0.286.